The van der Waals surface area contributed by atoms with Crippen LogP contribution in [0.3, 0.4) is 0 Å². The Morgan fingerprint density at radius 1 is 1.10 bits per heavy atom. The Labute approximate surface area is 242 Å². The van der Waals surface area contributed by atoms with E-state index in [1.165, 1.54) is 42.9 Å². The molecule has 0 N–H and O–H groups in total. The van der Waals surface area contributed by atoms with Crippen molar-refractivity contribution in [1.29, 1.82) is 0 Å². The number of aryl methyl sites for hydroxylation is 1. The van der Waals surface area contributed by atoms with Gasteiger partial charge in [0.05, 0.1) is 11.1 Å². The topological polar surface area (TPSA) is 73.2 Å². The van der Waals surface area contributed by atoms with E-state index in [1.807, 2.05) is 0 Å². The summed E-state index contributed by atoms with van der Waals surface area (Å²) in [5.41, 5.74) is -0.154. The fraction of sp³-hybridized carbons (Fsp3) is 0.310. The van der Waals surface area contributed by atoms with Crippen LogP contribution in [-0.4, -0.2) is 46.7 Å². The van der Waals surface area contributed by atoms with Gasteiger partial charge in [0.2, 0.25) is 0 Å². The van der Waals surface area contributed by atoms with Gasteiger partial charge < -0.3 is 4.57 Å². The molecule has 5 aromatic rings. The lowest BCUT2D eigenvalue weighted by Crippen LogP contribution is -2.34. The van der Waals surface area contributed by atoms with Crippen molar-refractivity contribution < 1.29 is 17.6 Å². The molecule has 1 aliphatic rings. The molecule has 0 aliphatic carbocycles. The third kappa shape index (κ3) is 5.32. The number of hydrogen-bond acceptors (Lipinski definition) is 5. The number of benzene rings is 1. The minimum absolute atomic E-state index is 0.00570. The molecule has 0 amide bonds. The summed E-state index contributed by atoms with van der Waals surface area (Å²) >= 11 is 6.36. The minimum atomic E-state index is -4.69. The Morgan fingerprint density at radius 2 is 1.90 bits per heavy atom. The van der Waals surface area contributed by atoms with Gasteiger partial charge in [0.25, 0.3) is 0 Å². The lowest BCUT2D eigenvalue weighted by molar-refractivity contribution is -0.136. The first-order valence-electron chi connectivity index (χ1n) is 13.4. The molecule has 5 heterocycles. The third-order valence-electron chi connectivity index (χ3n) is 7.55. The van der Waals surface area contributed by atoms with Crippen LogP contribution < -0.4 is 5.69 Å². The second-order valence-corrected chi connectivity index (χ2v) is 11.2. The number of likely N-dealkylation sites (tertiary alicyclic amines) is 1. The van der Waals surface area contributed by atoms with Crippen LogP contribution in [0.4, 0.5) is 17.6 Å². The average Bonchev–Trinajstić information content (AvgIpc) is 3.50. The Bertz CT molecular complexity index is 1860. The van der Waals surface area contributed by atoms with E-state index >= 15 is 0 Å². The quantitative estimate of drug-likeness (QED) is 0.183. The highest BCUT2D eigenvalue weighted by Gasteiger charge is 2.35. The largest absolute Gasteiger partial charge is 0.418 e. The summed E-state index contributed by atoms with van der Waals surface area (Å²) < 4.78 is 60.7. The molecule has 42 heavy (non-hydrogen) atoms. The number of halogens is 5. The van der Waals surface area contributed by atoms with Crippen molar-refractivity contribution in [2.45, 2.75) is 32.5 Å². The molecule has 1 fully saturated rings. The number of pyridine rings is 2. The summed E-state index contributed by atoms with van der Waals surface area (Å²) in [5.74, 6) is 0.350. The van der Waals surface area contributed by atoms with Gasteiger partial charge in [0.15, 0.2) is 5.82 Å². The maximum atomic E-state index is 14.3. The number of aromatic nitrogens is 6. The highest BCUT2D eigenvalue weighted by atomic mass is 35.5. The van der Waals surface area contributed by atoms with Crippen molar-refractivity contribution in [3.8, 4) is 28.3 Å². The van der Waals surface area contributed by atoms with Gasteiger partial charge in [-0.1, -0.05) is 24.6 Å². The third-order valence-corrected chi connectivity index (χ3v) is 7.74. The molecule has 1 aliphatic heterocycles. The molecule has 4 aromatic heterocycles. The molecule has 0 bridgehead atoms. The van der Waals surface area contributed by atoms with Gasteiger partial charge >= 0.3 is 11.9 Å². The zero-order valence-electron chi connectivity index (χ0n) is 22.7. The normalized spacial score (nSPS) is 16.4. The number of rotatable bonds is 5. The predicted octanol–water partition coefficient (Wildman–Crippen LogP) is 5.99. The number of hydrogen-bond donors (Lipinski definition) is 0. The Morgan fingerprint density at radius 3 is 2.62 bits per heavy atom. The summed E-state index contributed by atoms with van der Waals surface area (Å²) in [6, 6.07) is 8.25. The van der Waals surface area contributed by atoms with E-state index in [0.717, 1.165) is 47.2 Å². The standard InChI is InChI=1S/C29H26ClF4N7O/c1-17-4-3-7-39(12-17)13-18-8-23(29(32,33)34)24-15-41(28(42)40(24)14-18)26-10-19(9-25(30)36-26)21-6-5-20(31)11-22(21)27-37-35-16-38(27)2/h5-6,8-11,14-17H,3-4,7,12-13H2,1-2H3/t17-/m0/s1. The van der Waals surface area contributed by atoms with E-state index in [4.69, 9.17) is 11.6 Å². The Balaban J connectivity index is 1.48. The van der Waals surface area contributed by atoms with E-state index in [0.29, 0.717) is 40.5 Å². The van der Waals surface area contributed by atoms with Gasteiger partial charge in [-0.15, -0.1) is 10.2 Å². The SMILES string of the molecule is C[C@H]1CCCN(Cc2cc(C(F)(F)F)c3cn(-c4cc(-c5ccc(F)cc5-c5nncn5C)cc(Cl)n4)c(=O)n3c2)C1. The van der Waals surface area contributed by atoms with Crippen LogP contribution in [-0.2, 0) is 19.8 Å². The number of imidazole rings is 1. The van der Waals surface area contributed by atoms with E-state index in [2.05, 4.69) is 27.0 Å². The highest BCUT2D eigenvalue weighted by Crippen LogP contribution is 2.35. The van der Waals surface area contributed by atoms with Crippen molar-refractivity contribution in [1.82, 2.24) is 33.6 Å². The number of alkyl halides is 3. The van der Waals surface area contributed by atoms with E-state index in [-0.39, 0.29) is 16.5 Å². The molecule has 13 heteroatoms. The molecule has 1 atom stereocenters. The smallest absolute Gasteiger partial charge is 0.317 e. The summed E-state index contributed by atoms with van der Waals surface area (Å²) in [6.45, 7) is 3.99. The van der Waals surface area contributed by atoms with Crippen LogP contribution in [0.2, 0.25) is 5.15 Å². The zero-order valence-corrected chi connectivity index (χ0v) is 23.5. The summed E-state index contributed by atoms with van der Waals surface area (Å²) in [5, 5.41) is 7.94. The summed E-state index contributed by atoms with van der Waals surface area (Å²) in [6.07, 6.45) is 1.41. The van der Waals surface area contributed by atoms with Crippen molar-refractivity contribution in [3.05, 3.63) is 87.7 Å². The van der Waals surface area contributed by atoms with Crippen molar-refractivity contribution >= 4 is 17.1 Å². The summed E-state index contributed by atoms with van der Waals surface area (Å²) in [7, 11) is 1.71. The van der Waals surface area contributed by atoms with Crippen LogP contribution in [0.5, 0.6) is 0 Å². The number of piperidine rings is 1. The molecule has 218 valence electrons. The number of fused-ring (bicyclic) bond motifs is 1. The monoisotopic (exact) mass is 599 g/mol. The maximum absolute atomic E-state index is 14.3. The Hall–Kier alpha value is -4.03. The first-order valence-corrected chi connectivity index (χ1v) is 13.7. The van der Waals surface area contributed by atoms with E-state index in [9.17, 15) is 22.4 Å². The Kier molecular flexibility index (Phi) is 7.14. The van der Waals surface area contributed by atoms with Gasteiger partial charge in [-0.3, -0.25) is 13.9 Å². The molecule has 8 nitrogen and oxygen atoms in total. The molecular formula is C29H26ClF4N7O. The maximum Gasteiger partial charge on any atom is 0.418 e. The fourth-order valence-corrected chi connectivity index (χ4v) is 5.86. The molecule has 0 spiro atoms. The van der Waals surface area contributed by atoms with Gasteiger partial charge in [0, 0.05) is 38.1 Å². The molecule has 0 radical (unpaired) electrons. The first kappa shape index (κ1) is 28.1. The first-order chi connectivity index (χ1) is 20.0. The molecular weight excluding hydrogens is 574 g/mol. The van der Waals surface area contributed by atoms with Gasteiger partial charge in [-0.2, -0.15) is 13.2 Å². The second-order valence-electron chi connectivity index (χ2n) is 10.8. The second kappa shape index (κ2) is 10.7. The molecule has 0 saturated carbocycles. The summed E-state index contributed by atoms with van der Waals surface area (Å²) in [4.78, 5) is 20.0. The average molecular weight is 600 g/mol. The molecule has 0 unspecified atom stereocenters. The molecule has 1 saturated heterocycles. The van der Waals surface area contributed by atoms with Crippen LogP contribution >= 0.6 is 11.6 Å². The predicted molar refractivity (Wildman–Crippen MR) is 150 cm³/mol. The highest BCUT2D eigenvalue weighted by molar-refractivity contribution is 6.29. The van der Waals surface area contributed by atoms with Crippen molar-refractivity contribution in [2.24, 2.45) is 13.0 Å². The lowest BCUT2D eigenvalue weighted by atomic mass is 9.99. The van der Waals surface area contributed by atoms with Gasteiger partial charge in [-0.25, -0.2) is 14.2 Å². The van der Waals surface area contributed by atoms with Gasteiger partial charge in [0.1, 0.15) is 23.1 Å². The van der Waals surface area contributed by atoms with E-state index in [1.54, 1.807) is 11.6 Å². The zero-order chi connectivity index (χ0) is 29.8. The van der Waals surface area contributed by atoms with Crippen LogP contribution in [0, 0.1) is 11.7 Å². The van der Waals surface area contributed by atoms with E-state index < -0.39 is 23.2 Å². The molecule has 1 aromatic carbocycles. The minimum Gasteiger partial charge on any atom is -0.317 e. The van der Waals surface area contributed by atoms with Crippen molar-refractivity contribution in [3.63, 3.8) is 0 Å². The molecule has 6 rings (SSSR count). The van der Waals surface area contributed by atoms with Crippen LogP contribution in [0.1, 0.15) is 30.9 Å². The number of nitrogens with zero attached hydrogens (tertiary/aromatic N) is 7. The van der Waals surface area contributed by atoms with Gasteiger partial charge in [-0.05, 0) is 72.3 Å². The lowest BCUT2D eigenvalue weighted by Gasteiger charge is -2.31. The van der Waals surface area contributed by atoms with Crippen LogP contribution in [0.25, 0.3) is 33.8 Å². The fourth-order valence-electron chi connectivity index (χ4n) is 5.65. The van der Waals surface area contributed by atoms with Crippen LogP contribution in [0.15, 0.2) is 59.9 Å². The van der Waals surface area contributed by atoms with Crippen molar-refractivity contribution in [2.75, 3.05) is 13.1 Å².